The van der Waals surface area contributed by atoms with E-state index in [0.29, 0.717) is 11.8 Å². The molecule has 1 saturated heterocycles. The lowest BCUT2D eigenvalue weighted by atomic mass is 9.86. The van der Waals surface area contributed by atoms with Gasteiger partial charge in [0.2, 0.25) is 0 Å². The number of pyridine rings is 1. The van der Waals surface area contributed by atoms with Gasteiger partial charge in [-0.15, -0.1) is 10.2 Å². The van der Waals surface area contributed by atoms with Crippen LogP contribution in [0, 0.1) is 17.8 Å². The Labute approximate surface area is 147 Å². The summed E-state index contributed by atoms with van der Waals surface area (Å²) in [5, 5.41) is 11.8. The first kappa shape index (κ1) is 16.1. The summed E-state index contributed by atoms with van der Waals surface area (Å²) >= 11 is 0. The number of urea groups is 1. The molecule has 0 saturated carbocycles. The number of rotatable bonds is 3. The molecule has 6 heteroatoms. The van der Waals surface area contributed by atoms with E-state index in [0.717, 1.165) is 37.4 Å². The normalized spacial score (nSPS) is 23.9. The molecule has 0 bridgehead atoms. The van der Waals surface area contributed by atoms with Crippen LogP contribution in [0.5, 0.6) is 0 Å². The number of amides is 2. The second-order valence-corrected chi connectivity index (χ2v) is 7.53. The van der Waals surface area contributed by atoms with Crippen LogP contribution < -0.4 is 5.32 Å². The Morgan fingerprint density at radius 3 is 2.56 bits per heavy atom. The van der Waals surface area contributed by atoms with Gasteiger partial charge in [-0.05, 0) is 42.7 Å². The smallest absolute Gasteiger partial charge is 0.318 e. The summed E-state index contributed by atoms with van der Waals surface area (Å²) in [6, 6.07) is 5.67. The summed E-state index contributed by atoms with van der Waals surface area (Å²) in [5.74, 6) is 2.24. The number of carbonyl (C=O) groups is 1. The molecule has 132 valence electrons. The van der Waals surface area contributed by atoms with Crippen LogP contribution in [0.2, 0.25) is 0 Å². The van der Waals surface area contributed by atoms with Gasteiger partial charge >= 0.3 is 6.03 Å². The van der Waals surface area contributed by atoms with Crippen molar-refractivity contribution >= 4 is 11.7 Å². The van der Waals surface area contributed by atoms with Crippen molar-refractivity contribution in [3.63, 3.8) is 0 Å². The molecule has 3 heterocycles. The maximum absolute atomic E-state index is 12.9. The Morgan fingerprint density at radius 2 is 1.88 bits per heavy atom. The van der Waals surface area contributed by atoms with Gasteiger partial charge in [0.15, 0.2) is 11.5 Å². The first-order chi connectivity index (χ1) is 12.1. The van der Waals surface area contributed by atoms with Crippen LogP contribution in [-0.2, 0) is 0 Å². The largest absolute Gasteiger partial charge is 0.328 e. The van der Waals surface area contributed by atoms with E-state index in [1.165, 1.54) is 0 Å². The molecule has 4 rings (SSSR count). The molecule has 1 fully saturated rings. The summed E-state index contributed by atoms with van der Waals surface area (Å²) < 4.78 is 1.96. The van der Waals surface area contributed by atoms with Gasteiger partial charge in [-0.3, -0.25) is 4.40 Å². The van der Waals surface area contributed by atoms with Gasteiger partial charge in [-0.1, -0.05) is 32.1 Å². The number of nitrogens with zero attached hydrogens (tertiary/aromatic N) is 4. The minimum absolute atomic E-state index is 0.0146. The fraction of sp³-hybridized carbons (Fsp3) is 0.526. The molecule has 0 spiro atoms. The van der Waals surface area contributed by atoms with Crippen molar-refractivity contribution in [2.75, 3.05) is 13.1 Å². The van der Waals surface area contributed by atoms with Crippen LogP contribution in [0.1, 0.15) is 38.6 Å². The molecule has 6 nitrogen and oxygen atoms in total. The lowest BCUT2D eigenvalue weighted by Gasteiger charge is -2.25. The third-order valence-corrected chi connectivity index (χ3v) is 5.47. The van der Waals surface area contributed by atoms with E-state index in [1.807, 2.05) is 33.7 Å². The third-order valence-electron chi connectivity index (χ3n) is 5.47. The molecular formula is C19H25N5O. The highest BCUT2D eigenvalue weighted by Gasteiger charge is 2.36. The Morgan fingerprint density at radius 1 is 1.16 bits per heavy atom. The van der Waals surface area contributed by atoms with Gasteiger partial charge < -0.3 is 10.2 Å². The molecule has 3 unspecified atom stereocenters. The fourth-order valence-corrected chi connectivity index (χ4v) is 4.01. The van der Waals surface area contributed by atoms with Crippen LogP contribution in [-0.4, -0.2) is 38.6 Å². The minimum atomic E-state index is -0.161. The third kappa shape index (κ3) is 3.01. The van der Waals surface area contributed by atoms with Crippen molar-refractivity contribution in [1.82, 2.24) is 24.8 Å². The van der Waals surface area contributed by atoms with Gasteiger partial charge in [0.05, 0.1) is 6.04 Å². The zero-order chi connectivity index (χ0) is 17.4. The van der Waals surface area contributed by atoms with E-state index in [1.54, 1.807) is 0 Å². The molecule has 0 aromatic carbocycles. The molecule has 3 atom stereocenters. The van der Waals surface area contributed by atoms with Crippen LogP contribution in [0.4, 0.5) is 4.79 Å². The van der Waals surface area contributed by atoms with Crippen LogP contribution >= 0.6 is 0 Å². The summed E-state index contributed by atoms with van der Waals surface area (Å²) in [7, 11) is 0. The lowest BCUT2D eigenvalue weighted by Crippen LogP contribution is -2.42. The number of hydrogen-bond donors (Lipinski definition) is 1. The minimum Gasteiger partial charge on any atom is -0.328 e. The molecule has 1 N–H and O–H groups in total. The van der Waals surface area contributed by atoms with Crippen molar-refractivity contribution in [3.05, 3.63) is 42.4 Å². The van der Waals surface area contributed by atoms with E-state index < -0.39 is 0 Å². The van der Waals surface area contributed by atoms with E-state index in [-0.39, 0.29) is 18.0 Å². The summed E-state index contributed by atoms with van der Waals surface area (Å²) in [6.45, 7) is 5.91. The van der Waals surface area contributed by atoms with Crippen molar-refractivity contribution in [2.45, 2.75) is 32.7 Å². The summed E-state index contributed by atoms with van der Waals surface area (Å²) in [6.07, 6.45) is 8.64. The van der Waals surface area contributed by atoms with Gasteiger partial charge in [-0.2, -0.15) is 0 Å². The predicted octanol–water partition coefficient (Wildman–Crippen LogP) is 3.03. The Hall–Kier alpha value is -2.37. The van der Waals surface area contributed by atoms with Crippen LogP contribution in [0.15, 0.2) is 36.5 Å². The predicted molar refractivity (Wildman–Crippen MR) is 96.0 cm³/mol. The fourth-order valence-electron chi connectivity index (χ4n) is 4.01. The van der Waals surface area contributed by atoms with Gasteiger partial charge in [0.25, 0.3) is 0 Å². The maximum Gasteiger partial charge on any atom is 0.318 e. The average molecular weight is 339 g/mol. The van der Waals surface area contributed by atoms with E-state index in [4.69, 9.17) is 0 Å². The number of likely N-dealkylation sites (tertiary alicyclic amines) is 1. The maximum atomic E-state index is 12.9. The second-order valence-electron chi connectivity index (χ2n) is 7.53. The molecule has 0 radical (unpaired) electrons. The van der Waals surface area contributed by atoms with Crippen molar-refractivity contribution < 1.29 is 4.79 Å². The standard InChI is InChI=1S/C19H25N5O/c1-13(2)17(18-22-21-16-9-5-6-10-24(16)18)20-19(25)23-11-14-7-3-4-8-15(14)12-23/h3-6,9-10,13-15,17H,7-8,11-12H2,1-2H3,(H,20,25). The van der Waals surface area contributed by atoms with Gasteiger partial charge in [0, 0.05) is 19.3 Å². The average Bonchev–Trinajstić information content (AvgIpc) is 3.23. The zero-order valence-electron chi connectivity index (χ0n) is 14.8. The lowest BCUT2D eigenvalue weighted by molar-refractivity contribution is 0.197. The topological polar surface area (TPSA) is 62.5 Å². The molecule has 25 heavy (non-hydrogen) atoms. The van der Waals surface area contributed by atoms with Crippen molar-refractivity contribution in [1.29, 1.82) is 0 Å². The molecule has 1 aliphatic carbocycles. The number of allylic oxidation sites excluding steroid dienone is 2. The monoisotopic (exact) mass is 339 g/mol. The molecule has 2 aromatic heterocycles. The molecule has 2 amide bonds. The Kier molecular flexibility index (Phi) is 4.19. The second kappa shape index (κ2) is 6.50. The number of nitrogens with one attached hydrogen (secondary N) is 1. The molecular weight excluding hydrogens is 314 g/mol. The number of aromatic nitrogens is 3. The highest BCUT2D eigenvalue weighted by atomic mass is 16.2. The Balaban J connectivity index is 1.52. The van der Waals surface area contributed by atoms with Gasteiger partial charge in [0.1, 0.15) is 0 Å². The molecule has 1 aliphatic heterocycles. The highest BCUT2D eigenvalue weighted by Crippen LogP contribution is 2.33. The number of fused-ring (bicyclic) bond motifs is 2. The quantitative estimate of drug-likeness (QED) is 0.874. The summed E-state index contributed by atoms with van der Waals surface area (Å²) in [5.41, 5.74) is 0.802. The van der Waals surface area contributed by atoms with Crippen molar-refractivity contribution in [2.24, 2.45) is 17.8 Å². The first-order valence-electron chi connectivity index (χ1n) is 9.13. The van der Waals surface area contributed by atoms with E-state index in [2.05, 4.69) is 41.5 Å². The van der Waals surface area contributed by atoms with Crippen LogP contribution in [0.3, 0.4) is 0 Å². The Bertz CT molecular complexity index is 780. The summed E-state index contributed by atoms with van der Waals surface area (Å²) in [4.78, 5) is 14.8. The van der Waals surface area contributed by atoms with Crippen molar-refractivity contribution in [3.8, 4) is 0 Å². The first-order valence-corrected chi connectivity index (χ1v) is 9.13. The number of carbonyl (C=O) groups excluding carboxylic acids is 1. The number of hydrogen-bond acceptors (Lipinski definition) is 3. The van der Waals surface area contributed by atoms with E-state index >= 15 is 0 Å². The molecule has 2 aromatic rings. The molecule has 2 aliphatic rings. The van der Waals surface area contributed by atoms with Gasteiger partial charge in [-0.25, -0.2) is 4.79 Å². The zero-order valence-corrected chi connectivity index (χ0v) is 14.8. The van der Waals surface area contributed by atoms with Crippen LogP contribution in [0.25, 0.3) is 5.65 Å². The highest BCUT2D eigenvalue weighted by molar-refractivity contribution is 5.75. The van der Waals surface area contributed by atoms with E-state index in [9.17, 15) is 4.79 Å². The SMILES string of the molecule is CC(C)C(NC(=O)N1CC2CC=CCC2C1)c1nnc2ccccn12.